The highest BCUT2D eigenvalue weighted by atomic mass is 16.5. The maximum absolute atomic E-state index is 6.26. The fourth-order valence-electron chi connectivity index (χ4n) is 2.77. The molecule has 0 amide bonds. The first kappa shape index (κ1) is 17.1. The number of ether oxygens (including phenoxy) is 2. The Balaban J connectivity index is 1.99. The van der Waals surface area contributed by atoms with Gasteiger partial charge in [0.15, 0.2) is 0 Å². The van der Waals surface area contributed by atoms with Crippen LogP contribution in [0.2, 0.25) is 0 Å². The Morgan fingerprint density at radius 2 is 1.32 bits per heavy atom. The molecule has 5 heteroatoms. The average molecular weight is 333 g/mol. The molecule has 3 aromatic rings. The van der Waals surface area contributed by atoms with E-state index in [9.17, 15) is 0 Å². The van der Waals surface area contributed by atoms with Gasteiger partial charge in [-0.3, -0.25) is 4.98 Å². The minimum absolute atomic E-state index is 0.325. The first-order valence-corrected chi connectivity index (χ1v) is 8.11. The van der Waals surface area contributed by atoms with Gasteiger partial charge >= 0.3 is 6.92 Å². The monoisotopic (exact) mass is 333 g/mol. The van der Waals surface area contributed by atoms with E-state index in [0.29, 0.717) is 6.61 Å². The molecule has 0 aliphatic heterocycles. The first-order valence-electron chi connectivity index (χ1n) is 8.11. The number of aromatic nitrogens is 1. The third-order valence-corrected chi connectivity index (χ3v) is 3.97. The maximum Gasteiger partial charge on any atom is 0.369 e. The molecule has 0 N–H and O–H groups in total. The molecule has 0 saturated heterocycles. The van der Waals surface area contributed by atoms with Gasteiger partial charge in [0.05, 0.1) is 26.5 Å². The summed E-state index contributed by atoms with van der Waals surface area (Å²) in [5, 5.41) is 0. The van der Waals surface area contributed by atoms with Crippen LogP contribution in [0.15, 0.2) is 72.9 Å². The van der Waals surface area contributed by atoms with Gasteiger partial charge < -0.3 is 14.1 Å². The van der Waals surface area contributed by atoms with Crippen LogP contribution in [0.5, 0.6) is 11.5 Å². The van der Waals surface area contributed by atoms with Gasteiger partial charge in [0, 0.05) is 6.20 Å². The Kier molecular flexibility index (Phi) is 5.70. The summed E-state index contributed by atoms with van der Waals surface area (Å²) in [5.74, 6) is 1.55. The van der Waals surface area contributed by atoms with Gasteiger partial charge in [-0.15, -0.1) is 0 Å². The average Bonchev–Trinajstić information content (AvgIpc) is 2.69. The van der Waals surface area contributed by atoms with Gasteiger partial charge in [-0.2, -0.15) is 0 Å². The fraction of sp³-hybridized carbons (Fsp3) is 0.150. The number of methoxy groups -OCH3 is 2. The van der Waals surface area contributed by atoms with E-state index in [-0.39, 0.29) is 6.92 Å². The third-order valence-electron chi connectivity index (χ3n) is 3.97. The van der Waals surface area contributed by atoms with E-state index < -0.39 is 0 Å². The second kappa shape index (κ2) is 8.35. The van der Waals surface area contributed by atoms with E-state index in [4.69, 9.17) is 14.1 Å². The summed E-state index contributed by atoms with van der Waals surface area (Å²) in [7, 11) is 3.33. The smallest absolute Gasteiger partial charge is 0.369 e. The lowest BCUT2D eigenvalue weighted by Crippen LogP contribution is -2.46. The van der Waals surface area contributed by atoms with Crippen molar-refractivity contribution in [3.05, 3.63) is 78.6 Å². The van der Waals surface area contributed by atoms with Crippen LogP contribution in [0.3, 0.4) is 0 Å². The number of hydrogen-bond acceptors (Lipinski definition) is 4. The van der Waals surface area contributed by atoms with Gasteiger partial charge in [0.2, 0.25) is 0 Å². The zero-order valence-electron chi connectivity index (χ0n) is 14.4. The fourth-order valence-corrected chi connectivity index (χ4v) is 2.77. The van der Waals surface area contributed by atoms with Crippen molar-refractivity contribution in [2.24, 2.45) is 0 Å². The third kappa shape index (κ3) is 4.01. The molecular formula is C20H20BNO3. The molecule has 3 rings (SSSR count). The molecule has 0 aliphatic carbocycles. The highest BCUT2D eigenvalue weighted by Gasteiger charge is 2.28. The second-order valence-corrected chi connectivity index (χ2v) is 5.50. The molecule has 1 heterocycles. The molecule has 0 radical (unpaired) electrons. The number of rotatable bonds is 7. The lowest BCUT2D eigenvalue weighted by atomic mass is 9.54. The zero-order chi connectivity index (χ0) is 17.5. The Bertz CT molecular complexity index is 763. The van der Waals surface area contributed by atoms with Crippen LogP contribution >= 0.6 is 0 Å². The van der Waals surface area contributed by atoms with Gasteiger partial charge in [-0.05, 0) is 35.2 Å². The van der Waals surface area contributed by atoms with Crippen molar-refractivity contribution in [1.82, 2.24) is 4.98 Å². The lowest BCUT2D eigenvalue weighted by molar-refractivity contribution is 0.314. The maximum atomic E-state index is 6.26. The highest BCUT2D eigenvalue weighted by molar-refractivity contribution is 6.81. The Morgan fingerprint density at radius 1 is 0.760 bits per heavy atom. The van der Waals surface area contributed by atoms with Crippen molar-refractivity contribution >= 4 is 17.8 Å². The summed E-state index contributed by atoms with van der Waals surface area (Å²) < 4.78 is 17.3. The first-order chi connectivity index (χ1) is 12.3. The molecule has 0 aliphatic rings. The number of pyridine rings is 1. The number of para-hydroxylation sites is 2. The number of benzene rings is 2. The van der Waals surface area contributed by atoms with Crippen molar-refractivity contribution < 1.29 is 14.1 Å². The Hall–Kier alpha value is -2.79. The summed E-state index contributed by atoms with van der Waals surface area (Å²) in [4.78, 5) is 4.34. The summed E-state index contributed by atoms with van der Waals surface area (Å²) in [6.07, 6.45) is 1.76. The predicted molar refractivity (Wildman–Crippen MR) is 100 cm³/mol. The lowest BCUT2D eigenvalue weighted by Gasteiger charge is -2.19. The van der Waals surface area contributed by atoms with Crippen LogP contribution < -0.4 is 20.4 Å². The molecule has 126 valence electrons. The van der Waals surface area contributed by atoms with Crippen LogP contribution in [-0.2, 0) is 11.3 Å². The van der Waals surface area contributed by atoms with Gasteiger partial charge in [0.1, 0.15) is 11.5 Å². The number of nitrogens with zero attached hydrogens (tertiary/aromatic N) is 1. The minimum Gasteiger partial charge on any atom is -0.497 e. The molecule has 0 bridgehead atoms. The Labute approximate surface area is 148 Å². The number of hydrogen-bond donors (Lipinski definition) is 0. The predicted octanol–water partition coefficient (Wildman–Crippen LogP) is 2.42. The molecular weight excluding hydrogens is 313 g/mol. The SMILES string of the molecule is COc1ccccc1B(OCc1ccccn1)c1ccccc1OC. The molecule has 2 aromatic carbocycles. The quantitative estimate of drug-likeness (QED) is 0.623. The van der Waals surface area contributed by atoms with E-state index in [1.54, 1.807) is 20.4 Å². The summed E-state index contributed by atoms with van der Waals surface area (Å²) in [5.41, 5.74) is 2.77. The van der Waals surface area contributed by atoms with Crippen LogP contribution in [-0.4, -0.2) is 26.1 Å². The largest absolute Gasteiger partial charge is 0.497 e. The van der Waals surface area contributed by atoms with Crippen molar-refractivity contribution in [1.29, 1.82) is 0 Å². The second-order valence-electron chi connectivity index (χ2n) is 5.50. The Morgan fingerprint density at radius 3 is 1.84 bits per heavy atom. The summed E-state index contributed by atoms with van der Waals surface area (Å²) >= 11 is 0. The van der Waals surface area contributed by atoms with Crippen LogP contribution in [0.1, 0.15) is 5.69 Å². The highest BCUT2D eigenvalue weighted by Crippen LogP contribution is 2.14. The standard InChI is InChI=1S/C20H20BNO3/c1-23-19-12-5-3-10-17(19)21(18-11-4-6-13-20(18)24-2)25-15-16-9-7-8-14-22-16/h3-14H,15H2,1-2H3. The molecule has 0 spiro atoms. The van der Waals surface area contributed by atoms with Crippen LogP contribution in [0.4, 0.5) is 0 Å². The molecule has 0 fully saturated rings. The molecule has 0 unspecified atom stereocenters. The van der Waals surface area contributed by atoms with Gasteiger partial charge in [0.25, 0.3) is 0 Å². The minimum atomic E-state index is -0.325. The van der Waals surface area contributed by atoms with Crippen molar-refractivity contribution in [3.8, 4) is 11.5 Å². The molecule has 4 nitrogen and oxygen atoms in total. The van der Waals surface area contributed by atoms with Crippen LogP contribution in [0, 0.1) is 0 Å². The van der Waals surface area contributed by atoms with E-state index >= 15 is 0 Å². The van der Waals surface area contributed by atoms with Crippen LogP contribution in [0.25, 0.3) is 0 Å². The zero-order valence-corrected chi connectivity index (χ0v) is 14.4. The van der Waals surface area contributed by atoms with E-state index in [2.05, 4.69) is 4.98 Å². The molecule has 25 heavy (non-hydrogen) atoms. The molecule has 0 saturated carbocycles. The van der Waals surface area contributed by atoms with Crippen molar-refractivity contribution in [2.75, 3.05) is 14.2 Å². The summed E-state index contributed by atoms with van der Waals surface area (Å²) in [6.45, 7) is 0.0658. The van der Waals surface area contributed by atoms with E-state index in [0.717, 1.165) is 28.1 Å². The molecule has 1 aromatic heterocycles. The molecule has 0 atom stereocenters. The van der Waals surface area contributed by atoms with Gasteiger partial charge in [-0.1, -0.05) is 42.5 Å². The van der Waals surface area contributed by atoms with E-state index in [1.165, 1.54) is 0 Å². The topological polar surface area (TPSA) is 40.6 Å². The normalized spacial score (nSPS) is 10.3. The summed E-state index contributed by atoms with van der Waals surface area (Å²) in [6, 6.07) is 21.5. The van der Waals surface area contributed by atoms with Crippen molar-refractivity contribution in [3.63, 3.8) is 0 Å². The van der Waals surface area contributed by atoms with Crippen molar-refractivity contribution in [2.45, 2.75) is 6.61 Å². The van der Waals surface area contributed by atoms with Gasteiger partial charge in [-0.25, -0.2) is 0 Å². The van der Waals surface area contributed by atoms with E-state index in [1.807, 2.05) is 66.7 Å².